The van der Waals surface area contributed by atoms with E-state index in [9.17, 15) is 0 Å². The Balaban J connectivity index is 2.99. The van der Waals surface area contributed by atoms with Crippen LogP contribution in [-0.4, -0.2) is 11.4 Å². The molecular formula is C11H15ClN2O. The number of nitrogen functional groups attached to an aromatic ring is 1. The number of nitrogens with one attached hydrogen (secondary N) is 1. The monoisotopic (exact) mass is 226 g/mol. The standard InChI is InChI=1S/C11H15ClN2O/c1-11(2,3)15-9-5-4-7(10(13)14)6-8(9)12/h4-6H,1-3H3,(H3,13,14). The maximum Gasteiger partial charge on any atom is 0.138 e. The second kappa shape index (κ2) is 4.11. The number of benzene rings is 1. The Kier molecular flexibility index (Phi) is 3.25. The number of halogens is 1. The molecule has 0 fully saturated rings. The van der Waals surface area contributed by atoms with Gasteiger partial charge in [-0.25, -0.2) is 0 Å². The summed E-state index contributed by atoms with van der Waals surface area (Å²) in [6, 6.07) is 5.07. The van der Waals surface area contributed by atoms with Gasteiger partial charge in [0.05, 0.1) is 5.02 Å². The third-order valence-corrected chi connectivity index (χ3v) is 1.95. The van der Waals surface area contributed by atoms with Crippen molar-refractivity contribution in [1.29, 1.82) is 5.41 Å². The summed E-state index contributed by atoms with van der Waals surface area (Å²) in [5, 5.41) is 7.73. The Morgan fingerprint density at radius 1 is 1.40 bits per heavy atom. The van der Waals surface area contributed by atoms with Gasteiger partial charge in [0.1, 0.15) is 17.2 Å². The maximum atomic E-state index is 7.26. The quantitative estimate of drug-likeness (QED) is 0.602. The van der Waals surface area contributed by atoms with Crippen molar-refractivity contribution in [2.24, 2.45) is 5.73 Å². The summed E-state index contributed by atoms with van der Waals surface area (Å²) in [7, 11) is 0. The van der Waals surface area contributed by atoms with Gasteiger partial charge in [-0.05, 0) is 39.0 Å². The number of amidine groups is 1. The molecule has 0 aliphatic carbocycles. The minimum Gasteiger partial charge on any atom is -0.487 e. The number of hydrogen-bond acceptors (Lipinski definition) is 2. The van der Waals surface area contributed by atoms with Crippen LogP contribution in [0.4, 0.5) is 0 Å². The Bertz CT molecular complexity index is 383. The molecule has 0 amide bonds. The third kappa shape index (κ3) is 3.44. The van der Waals surface area contributed by atoms with Crippen LogP contribution >= 0.6 is 11.6 Å². The minimum atomic E-state index is -0.290. The summed E-state index contributed by atoms with van der Waals surface area (Å²) in [5.41, 5.74) is 5.65. The number of hydrogen-bond donors (Lipinski definition) is 2. The molecule has 82 valence electrons. The van der Waals surface area contributed by atoms with E-state index < -0.39 is 0 Å². The fourth-order valence-corrected chi connectivity index (χ4v) is 1.30. The first kappa shape index (κ1) is 11.9. The van der Waals surface area contributed by atoms with E-state index in [4.69, 9.17) is 27.5 Å². The van der Waals surface area contributed by atoms with Crippen LogP contribution in [-0.2, 0) is 0 Å². The summed E-state index contributed by atoms with van der Waals surface area (Å²) in [6.07, 6.45) is 0. The predicted molar refractivity (Wildman–Crippen MR) is 62.8 cm³/mol. The Morgan fingerprint density at radius 3 is 2.40 bits per heavy atom. The van der Waals surface area contributed by atoms with E-state index in [2.05, 4.69) is 0 Å². The molecule has 0 spiro atoms. The molecule has 0 unspecified atom stereocenters. The summed E-state index contributed by atoms with van der Waals surface area (Å²) in [6.45, 7) is 5.84. The molecule has 15 heavy (non-hydrogen) atoms. The second-order valence-electron chi connectivity index (χ2n) is 4.27. The first-order valence-electron chi connectivity index (χ1n) is 4.62. The van der Waals surface area contributed by atoms with Crippen molar-refractivity contribution in [1.82, 2.24) is 0 Å². The highest BCUT2D eigenvalue weighted by Gasteiger charge is 2.14. The van der Waals surface area contributed by atoms with Crippen LogP contribution in [0.15, 0.2) is 18.2 Å². The smallest absolute Gasteiger partial charge is 0.138 e. The van der Waals surface area contributed by atoms with Crippen LogP contribution in [0.1, 0.15) is 26.3 Å². The first-order valence-corrected chi connectivity index (χ1v) is 5.00. The summed E-state index contributed by atoms with van der Waals surface area (Å²) >= 11 is 6.00. The highest BCUT2D eigenvalue weighted by molar-refractivity contribution is 6.32. The third-order valence-electron chi connectivity index (χ3n) is 1.66. The predicted octanol–water partition coefficient (Wildman–Crippen LogP) is 2.80. The normalized spacial score (nSPS) is 11.2. The Morgan fingerprint density at radius 2 is 2.00 bits per heavy atom. The maximum absolute atomic E-state index is 7.26. The molecule has 0 radical (unpaired) electrons. The lowest BCUT2D eigenvalue weighted by atomic mass is 10.1. The van der Waals surface area contributed by atoms with Gasteiger partial charge in [-0.3, -0.25) is 5.41 Å². The van der Waals surface area contributed by atoms with E-state index in [1.807, 2.05) is 20.8 Å². The molecule has 0 aromatic heterocycles. The second-order valence-corrected chi connectivity index (χ2v) is 4.68. The average Bonchev–Trinajstić information content (AvgIpc) is 2.05. The number of rotatable bonds is 2. The van der Waals surface area contributed by atoms with Gasteiger partial charge in [0.2, 0.25) is 0 Å². The van der Waals surface area contributed by atoms with Crippen molar-refractivity contribution in [2.75, 3.05) is 0 Å². The Labute approximate surface area is 94.7 Å². The lowest BCUT2D eigenvalue weighted by molar-refractivity contribution is 0.131. The molecule has 0 atom stereocenters. The van der Waals surface area contributed by atoms with Crippen molar-refractivity contribution in [2.45, 2.75) is 26.4 Å². The van der Waals surface area contributed by atoms with E-state index in [0.29, 0.717) is 16.3 Å². The molecule has 0 heterocycles. The van der Waals surface area contributed by atoms with Gasteiger partial charge in [-0.1, -0.05) is 11.6 Å². The van der Waals surface area contributed by atoms with Crippen LogP contribution in [0.25, 0.3) is 0 Å². The van der Waals surface area contributed by atoms with Gasteiger partial charge in [0, 0.05) is 5.56 Å². The van der Waals surface area contributed by atoms with Crippen LogP contribution in [0.5, 0.6) is 5.75 Å². The van der Waals surface area contributed by atoms with E-state index in [1.54, 1.807) is 18.2 Å². The number of ether oxygens (including phenoxy) is 1. The largest absolute Gasteiger partial charge is 0.487 e. The Hall–Kier alpha value is -1.22. The summed E-state index contributed by atoms with van der Waals surface area (Å²) in [5.74, 6) is 0.605. The highest BCUT2D eigenvalue weighted by Crippen LogP contribution is 2.28. The van der Waals surface area contributed by atoms with Crippen molar-refractivity contribution in [3.05, 3.63) is 28.8 Å². The molecule has 0 aliphatic heterocycles. The fraction of sp³-hybridized carbons (Fsp3) is 0.364. The highest BCUT2D eigenvalue weighted by atomic mass is 35.5. The van der Waals surface area contributed by atoms with Gasteiger partial charge in [0.15, 0.2) is 0 Å². The van der Waals surface area contributed by atoms with Gasteiger partial charge in [-0.15, -0.1) is 0 Å². The van der Waals surface area contributed by atoms with Crippen LogP contribution in [0.3, 0.4) is 0 Å². The molecule has 0 bridgehead atoms. The van der Waals surface area contributed by atoms with Crippen molar-refractivity contribution in [3.63, 3.8) is 0 Å². The van der Waals surface area contributed by atoms with Gasteiger partial charge in [-0.2, -0.15) is 0 Å². The summed E-state index contributed by atoms with van der Waals surface area (Å²) < 4.78 is 5.62. The van der Waals surface area contributed by atoms with E-state index in [-0.39, 0.29) is 11.4 Å². The topological polar surface area (TPSA) is 59.1 Å². The molecule has 0 aliphatic rings. The average molecular weight is 227 g/mol. The zero-order valence-electron chi connectivity index (χ0n) is 9.10. The first-order chi connectivity index (χ1) is 6.79. The van der Waals surface area contributed by atoms with Crippen LogP contribution in [0.2, 0.25) is 5.02 Å². The van der Waals surface area contributed by atoms with Gasteiger partial charge in [0.25, 0.3) is 0 Å². The zero-order valence-corrected chi connectivity index (χ0v) is 9.85. The van der Waals surface area contributed by atoms with E-state index >= 15 is 0 Å². The molecule has 1 rings (SSSR count). The molecule has 1 aromatic carbocycles. The molecule has 0 saturated heterocycles. The van der Waals surface area contributed by atoms with E-state index in [1.165, 1.54) is 0 Å². The molecule has 3 nitrogen and oxygen atoms in total. The minimum absolute atomic E-state index is 0.000733. The van der Waals surface area contributed by atoms with Crippen molar-refractivity contribution >= 4 is 17.4 Å². The number of nitrogens with two attached hydrogens (primary N) is 1. The van der Waals surface area contributed by atoms with Crippen molar-refractivity contribution in [3.8, 4) is 5.75 Å². The molecule has 4 heteroatoms. The van der Waals surface area contributed by atoms with E-state index in [0.717, 1.165) is 0 Å². The lowest BCUT2D eigenvalue weighted by Crippen LogP contribution is -2.23. The fourth-order valence-electron chi connectivity index (χ4n) is 1.08. The van der Waals surface area contributed by atoms with Crippen LogP contribution < -0.4 is 10.5 Å². The molecular weight excluding hydrogens is 212 g/mol. The van der Waals surface area contributed by atoms with Crippen molar-refractivity contribution < 1.29 is 4.74 Å². The SMILES string of the molecule is CC(C)(C)Oc1ccc(C(=N)N)cc1Cl. The molecule has 3 N–H and O–H groups in total. The summed E-state index contributed by atoms with van der Waals surface area (Å²) in [4.78, 5) is 0. The molecule has 1 aromatic rings. The molecule has 0 saturated carbocycles. The lowest BCUT2D eigenvalue weighted by Gasteiger charge is -2.22. The zero-order chi connectivity index (χ0) is 11.6. The van der Waals surface area contributed by atoms with Gasteiger partial charge >= 0.3 is 0 Å². The van der Waals surface area contributed by atoms with Crippen LogP contribution in [0, 0.1) is 5.41 Å². The van der Waals surface area contributed by atoms with Gasteiger partial charge < -0.3 is 10.5 Å².